The fraction of sp³-hybridized carbons (Fsp3) is 0.538. The van der Waals surface area contributed by atoms with Crippen LogP contribution in [0.25, 0.3) is 10.2 Å². The lowest BCUT2D eigenvalue weighted by Gasteiger charge is -2.19. The molecule has 0 saturated heterocycles. The van der Waals surface area contributed by atoms with Crippen molar-refractivity contribution in [3.8, 4) is 0 Å². The fourth-order valence-electron chi connectivity index (χ4n) is 2.03. The van der Waals surface area contributed by atoms with Crippen LogP contribution in [0.15, 0.2) is 11.4 Å². The molecule has 2 rings (SSSR count). The molecule has 18 heavy (non-hydrogen) atoms. The second-order valence-corrected chi connectivity index (χ2v) is 5.60. The Morgan fingerprint density at radius 2 is 1.94 bits per heavy atom. The minimum Gasteiger partial charge on any atom is -0.296 e. The zero-order chi connectivity index (χ0) is 13.0. The molecule has 0 aliphatic heterocycles. The monoisotopic (exact) mass is 283 g/mol. The number of nitrogens with zero attached hydrogens (tertiary/aromatic N) is 3. The number of thiophene rings is 1. The average molecular weight is 284 g/mol. The van der Waals surface area contributed by atoms with Crippen LogP contribution in [0.3, 0.4) is 0 Å². The summed E-state index contributed by atoms with van der Waals surface area (Å²) in [5.41, 5.74) is 0. The largest absolute Gasteiger partial charge is 0.296 e. The number of halogens is 1. The minimum atomic E-state index is 0.573. The molecule has 5 heteroatoms. The van der Waals surface area contributed by atoms with Gasteiger partial charge in [-0.15, -0.1) is 11.3 Å². The van der Waals surface area contributed by atoms with Crippen LogP contribution in [-0.2, 0) is 6.54 Å². The third kappa shape index (κ3) is 3.19. The van der Waals surface area contributed by atoms with Crippen molar-refractivity contribution in [2.75, 3.05) is 13.1 Å². The van der Waals surface area contributed by atoms with Gasteiger partial charge in [-0.05, 0) is 37.4 Å². The molecule has 0 fully saturated rings. The zero-order valence-electron chi connectivity index (χ0n) is 10.8. The Morgan fingerprint density at radius 1 is 1.22 bits per heavy atom. The first-order chi connectivity index (χ1) is 8.74. The van der Waals surface area contributed by atoms with Gasteiger partial charge in [0.25, 0.3) is 0 Å². The van der Waals surface area contributed by atoms with E-state index in [1.165, 1.54) is 0 Å². The van der Waals surface area contributed by atoms with E-state index in [0.717, 1.165) is 48.5 Å². The summed E-state index contributed by atoms with van der Waals surface area (Å²) < 4.78 is 0. The van der Waals surface area contributed by atoms with Gasteiger partial charge in [-0.3, -0.25) is 4.90 Å². The Balaban J connectivity index is 2.19. The van der Waals surface area contributed by atoms with Gasteiger partial charge in [0.2, 0.25) is 0 Å². The maximum atomic E-state index is 6.18. The van der Waals surface area contributed by atoms with E-state index in [-0.39, 0.29) is 0 Å². The quantitative estimate of drug-likeness (QED) is 0.751. The van der Waals surface area contributed by atoms with Crippen LogP contribution in [0.1, 0.15) is 32.5 Å². The van der Waals surface area contributed by atoms with Crippen molar-refractivity contribution in [1.29, 1.82) is 0 Å². The van der Waals surface area contributed by atoms with Gasteiger partial charge in [0.1, 0.15) is 15.8 Å². The molecular weight excluding hydrogens is 266 g/mol. The Hall–Kier alpha value is -0.710. The van der Waals surface area contributed by atoms with Gasteiger partial charge in [-0.1, -0.05) is 25.4 Å². The highest BCUT2D eigenvalue weighted by Crippen LogP contribution is 2.25. The van der Waals surface area contributed by atoms with E-state index in [1.54, 1.807) is 11.3 Å². The molecule has 2 aromatic rings. The highest BCUT2D eigenvalue weighted by Gasteiger charge is 2.10. The maximum Gasteiger partial charge on any atom is 0.145 e. The van der Waals surface area contributed by atoms with Crippen molar-refractivity contribution in [2.24, 2.45) is 0 Å². The van der Waals surface area contributed by atoms with E-state index in [1.807, 2.05) is 11.4 Å². The summed E-state index contributed by atoms with van der Waals surface area (Å²) in [5.74, 6) is 0.830. The summed E-state index contributed by atoms with van der Waals surface area (Å²) in [5, 5.41) is 3.54. The molecule has 2 aromatic heterocycles. The molecule has 3 nitrogen and oxygen atoms in total. The predicted octanol–water partition coefficient (Wildman–Crippen LogP) is 3.97. The van der Waals surface area contributed by atoms with Gasteiger partial charge < -0.3 is 0 Å². The van der Waals surface area contributed by atoms with Crippen molar-refractivity contribution in [3.05, 3.63) is 22.4 Å². The lowest BCUT2D eigenvalue weighted by Crippen LogP contribution is -2.26. The molecule has 0 amide bonds. The highest BCUT2D eigenvalue weighted by atomic mass is 35.5. The Labute approximate surface area is 117 Å². The van der Waals surface area contributed by atoms with Crippen molar-refractivity contribution in [2.45, 2.75) is 33.2 Å². The number of fused-ring (bicyclic) bond motifs is 1. The second kappa shape index (κ2) is 6.45. The molecule has 0 atom stereocenters. The molecule has 2 heterocycles. The lowest BCUT2D eigenvalue weighted by atomic mass is 10.3. The average Bonchev–Trinajstić information content (AvgIpc) is 2.78. The van der Waals surface area contributed by atoms with Crippen molar-refractivity contribution in [3.63, 3.8) is 0 Å². The topological polar surface area (TPSA) is 29.0 Å². The molecule has 0 spiro atoms. The van der Waals surface area contributed by atoms with E-state index in [2.05, 4.69) is 28.7 Å². The third-order valence-corrected chi connectivity index (χ3v) is 3.86. The molecule has 0 N–H and O–H groups in total. The number of hydrogen-bond acceptors (Lipinski definition) is 4. The number of rotatable bonds is 6. The number of aromatic nitrogens is 2. The minimum absolute atomic E-state index is 0.573. The molecule has 0 bridgehead atoms. The summed E-state index contributed by atoms with van der Waals surface area (Å²) in [6, 6.07) is 1.97. The van der Waals surface area contributed by atoms with Crippen molar-refractivity contribution >= 4 is 33.2 Å². The van der Waals surface area contributed by atoms with Crippen LogP contribution in [-0.4, -0.2) is 28.0 Å². The second-order valence-electron chi connectivity index (χ2n) is 4.35. The lowest BCUT2D eigenvalue weighted by molar-refractivity contribution is 0.260. The van der Waals surface area contributed by atoms with Crippen LogP contribution in [0, 0.1) is 0 Å². The van der Waals surface area contributed by atoms with Crippen LogP contribution in [0.2, 0.25) is 5.15 Å². The maximum absolute atomic E-state index is 6.18. The Bertz CT molecular complexity index is 506. The summed E-state index contributed by atoms with van der Waals surface area (Å²) in [7, 11) is 0. The smallest absolute Gasteiger partial charge is 0.145 e. The molecule has 98 valence electrons. The first-order valence-electron chi connectivity index (χ1n) is 6.36. The van der Waals surface area contributed by atoms with Gasteiger partial charge in [0, 0.05) is 5.39 Å². The van der Waals surface area contributed by atoms with E-state index in [0.29, 0.717) is 5.15 Å². The van der Waals surface area contributed by atoms with Crippen molar-refractivity contribution in [1.82, 2.24) is 14.9 Å². The first-order valence-corrected chi connectivity index (χ1v) is 7.62. The molecule has 0 aromatic carbocycles. The molecule has 0 saturated carbocycles. The van der Waals surface area contributed by atoms with Gasteiger partial charge in [0.15, 0.2) is 0 Å². The molecule has 0 radical (unpaired) electrons. The molecule has 0 aliphatic rings. The zero-order valence-corrected chi connectivity index (χ0v) is 12.4. The predicted molar refractivity (Wildman–Crippen MR) is 78.3 cm³/mol. The van der Waals surface area contributed by atoms with Crippen LogP contribution in [0.4, 0.5) is 0 Å². The van der Waals surface area contributed by atoms with Gasteiger partial charge in [-0.2, -0.15) is 0 Å². The normalized spacial score (nSPS) is 11.6. The van der Waals surface area contributed by atoms with Gasteiger partial charge in [0.05, 0.1) is 6.54 Å². The highest BCUT2D eigenvalue weighted by molar-refractivity contribution is 7.16. The molecule has 0 aliphatic carbocycles. The fourth-order valence-corrected chi connectivity index (χ4v) is 3.12. The van der Waals surface area contributed by atoms with Crippen molar-refractivity contribution < 1.29 is 0 Å². The van der Waals surface area contributed by atoms with Crippen LogP contribution >= 0.6 is 22.9 Å². The Morgan fingerprint density at radius 3 is 2.61 bits per heavy atom. The summed E-state index contributed by atoms with van der Waals surface area (Å²) in [6.45, 7) is 7.34. The first kappa shape index (κ1) is 13.7. The van der Waals surface area contributed by atoms with Gasteiger partial charge in [-0.25, -0.2) is 9.97 Å². The van der Waals surface area contributed by atoms with Crippen LogP contribution in [0.5, 0.6) is 0 Å². The standard InChI is InChI=1S/C13H18ClN3S/c1-3-6-17(7-4-2)9-11-15-12(14)10-5-8-18-13(10)16-11/h5,8H,3-4,6-7,9H2,1-2H3. The third-order valence-electron chi connectivity index (χ3n) is 2.77. The summed E-state index contributed by atoms with van der Waals surface area (Å²) in [4.78, 5) is 12.3. The summed E-state index contributed by atoms with van der Waals surface area (Å²) >= 11 is 7.79. The SMILES string of the molecule is CCCN(CCC)Cc1nc(Cl)c2ccsc2n1. The van der Waals surface area contributed by atoms with Crippen LogP contribution < -0.4 is 0 Å². The van der Waals surface area contributed by atoms with E-state index >= 15 is 0 Å². The van der Waals surface area contributed by atoms with E-state index in [9.17, 15) is 0 Å². The molecular formula is C13H18ClN3S. The van der Waals surface area contributed by atoms with E-state index < -0.39 is 0 Å². The van der Waals surface area contributed by atoms with E-state index in [4.69, 9.17) is 11.6 Å². The van der Waals surface area contributed by atoms with Gasteiger partial charge >= 0.3 is 0 Å². The number of hydrogen-bond donors (Lipinski definition) is 0. The Kier molecular flexibility index (Phi) is 4.92. The summed E-state index contributed by atoms with van der Waals surface area (Å²) in [6.07, 6.45) is 2.30. The molecule has 0 unspecified atom stereocenters.